The first-order valence-corrected chi connectivity index (χ1v) is 10.9. The molecule has 2 aromatic heterocycles. The van der Waals surface area contributed by atoms with Crippen molar-refractivity contribution in [1.82, 2.24) is 9.55 Å². The molecule has 0 N–H and O–H groups in total. The molecule has 0 bridgehead atoms. The van der Waals surface area contributed by atoms with Crippen molar-refractivity contribution in [2.45, 2.75) is 12.3 Å². The fourth-order valence-corrected chi connectivity index (χ4v) is 4.77. The van der Waals surface area contributed by atoms with Gasteiger partial charge in [0, 0.05) is 53.6 Å². The summed E-state index contributed by atoms with van der Waals surface area (Å²) in [5.41, 5.74) is 3.94. The Balaban J connectivity index is 1.47. The number of hydrogen-bond donors (Lipinski definition) is 0. The Kier molecular flexibility index (Phi) is 4.52. The number of allylic oxidation sites excluding steroid dienone is 1. The second-order valence-corrected chi connectivity index (χ2v) is 8.38. The maximum atomic E-state index is 13.3. The minimum Gasteiger partial charge on any atom is -0.497 e. The molecule has 0 fully saturated rings. The van der Waals surface area contributed by atoms with E-state index in [9.17, 15) is 9.59 Å². The number of rotatable bonds is 3. The van der Waals surface area contributed by atoms with E-state index in [1.54, 1.807) is 37.7 Å². The summed E-state index contributed by atoms with van der Waals surface area (Å²) in [6, 6.07) is 12.9. The number of fused-ring (bicyclic) bond motifs is 4. The maximum absolute atomic E-state index is 13.3. The third-order valence-electron chi connectivity index (χ3n) is 6.40. The van der Waals surface area contributed by atoms with E-state index in [1.165, 1.54) is 0 Å². The molecule has 2 aliphatic rings. The lowest BCUT2D eigenvalue weighted by Gasteiger charge is -2.26. The molecule has 4 aromatic rings. The van der Waals surface area contributed by atoms with Crippen molar-refractivity contribution >= 4 is 28.7 Å². The van der Waals surface area contributed by atoms with Gasteiger partial charge >= 0.3 is 5.97 Å². The number of nitrogens with zero attached hydrogens (tertiary/aromatic N) is 2. The first kappa shape index (κ1) is 20.2. The Hall–Kier alpha value is -4.39. The molecule has 6 rings (SSSR count). The van der Waals surface area contributed by atoms with Crippen LogP contribution >= 0.6 is 0 Å². The molecule has 0 saturated heterocycles. The van der Waals surface area contributed by atoms with Crippen molar-refractivity contribution in [3.8, 4) is 17.2 Å². The zero-order valence-electron chi connectivity index (χ0n) is 18.6. The molecule has 4 heterocycles. The number of ketones is 1. The van der Waals surface area contributed by atoms with Crippen molar-refractivity contribution < 1.29 is 23.8 Å². The fourth-order valence-electron chi connectivity index (χ4n) is 4.77. The minimum absolute atomic E-state index is 0.160. The molecule has 0 saturated carbocycles. The number of hydrogen-bond acceptors (Lipinski definition) is 6. The Morgan fingerprint density at radius 3 is 2.71 bits per heavy atom. The predicted molar refractivity (Wildman–Crippen MR) is 125 cm³/mol. The zero-order valence-corrected chi connectivity index (χ0v) is 18.6. The van der Waals surface area contributed by atoms with Gasteiger partial charge in [0.25, 0.3) is 0 Å². The van der Waals surface area contributed by atoms with E-state index in [0.29, 0.717) is 22.6 Å². The average Bonchev–Trinajstić information content (AvgIpc) is 3.34. The van der Waals surface area contributed by atoms with Gasteiger partial charge in [-0.2, -0.15) is 0 Å². The van der Waals surface area contributed by atoms with Crippen molar-refractivity contribution in [3.05, 3.63) is 89.1 Å². The van der Waals surface area contributed by atoms with E-state index >= 15 is 0 Å². The molecule has 1 unspecified atom stereocenters. The van der Waals surface area contributed by atoms with E-state index in [2.05, 4.69) is 4.98 Å². The predicted octanol–water partition coefficient (Wildman–Crippen LogP) is 4.64. The molecule has 2 aromatic carbocycles. The number of carbonyl (C=O) groups is 2. The standard InChI is InChI=1S/C27H20N2O5/c1-29-14-16(19-12-17(32-2)3-5-21(19)29)11-23-26(31)18-4-6-22-25(27(18)34-23)20(13-24(30)33-22)15-7-9-28-10-8-15/h3-12,14,20H,13H2,1-2H3/b23-11-. The van der Waals surface area contributed by atoms with E-state index < -0.39 is 0 Å². The van der Waals surface area contributed by atoms with Gasteiger partial charge < -0.3 is 18.8 Å². The van der Waals surface area contributed by atoms with Gasteiger partial charge in [0.2, 0.25) is 5.78 Å². The molecule has 7 nitrogen and oxygen atoms in total. The van der Waals surface area contributed by atoms with Gasteiger partial charge in [0.15, 0.2) is 5.76 Å². The summed E-state index contributed by atoms with van der Waals surface area (Å²) in [6.45, 7) is 0. The fraction of sp³-hybridized carbons (Fsp3) is 0.148. The summed E-state index contributed by atoms with van der Waals surface area (Å²) in [5.74, 6) is 1.01. The van der Waals surface area contributed by atoms with Crippen molar-refractivity contribution in [3.63, 3.8) is 0 Å². The molecular formula is C27H20N2O5. The highest BCUT2D eigenvalue weighted by Gasteiger charge is 2.38. The van der Waals surface area contributed by atoms with Gasteiger partial charge in [-0.15, -0.1) is 0 Å². The second kappa shape index (κ2) is 7.59. The number of benzene rings is 2. The first-order valence-electron chi connectivity index (χ1n) is 10.9. The molecule has 7 heteroatoms. The molecule has 168 valence electrons. The molecule has 1 atom stereocenters. The molecule has 2 aliphatic heterocycles. The van der Waals surface area contributed by atoms with E-state index in [0.717, 1.165) is 27.8 Å². The van der Waals surface area contributed by atoms with Crippen LogP contribution in [0.4, 0.5) is 0 Å². The third kappa shape index (κ3) is 3.08. The number of ether oxygens (including phenoxy) is 3. The van der Waals surface area contributed by atoms with E-state index in [4.69, 9.17) is 14.2 Å². The number of Topliss-reactive ketones (excluding diaryl/α,β-unsaturated/α-hetero) is 1. The van der Waals surface area contributed by atoms with Crippen LogP contribution in [0, 0.1) is 0 Å². The summed E-state index contributed by atoms with van der Waals surface area (Å²) in [4.78, 5) is 29.7. The second-order valence-electron chi connectivity index (χ2n) is 8.38. The van der Waals surface area contributed by atoms with Crippen LogP contribution in [0.25, 0.3) is 17.0 Å². The van der Waals surface area contributed by atoms with Crippen LogP contribution in [0.1, 0.15) is 39.4 Å². The smallest absolute Gasteiger partial charge is 0.312 e. The highest BCUT2D eigenvalue weighted by atomic mass is 16.5. The molecule has 0 amide bonds. The first-order chi connectivity index (χ1) is 16.5. The summed E-state index contributed by atoms with van der Waals surface area (Å²) in [7, 11) is 3.57. The lowest BCUT2D eigenvalue weighted by atomic mass is 9.85. The van der Waals surface area contributed by atoms with Gasteiger partial charge in [0.05, 0.1) is 19.1 Å². The largest absolute Gasteiger partial charge is 0.497 e. The normalized spacial score (nSPS) is 17.9. The van der Waals surface area contributed by atoms with Crippen LogP contribution in [-0.4, -0.2) is 28.4 Å². The van der Waals surface area contributed by atoms with Crippen LogP contribution in [0.2, 0.25) is 0 Å². The molecular weight excluding hydrogens is 432 g/mol. The number of aromatic nitrogens is 2. The lowest BCUT2D eigenvalue weighted by molar-refractivity contribution is -0.135. The Morgan fingerprint density at radius 2 is 1.91 bits per heavy atom. The van der Waals surface area contributed by atoms with Crippen molar-refractivity contribution in [1.29, 1.82) is 0 Å². The van der Waals surface area contributed by atoms with Gasteiger partial charge in [-0.1, -0.05) is 0 Å². The quantitative estimate of drug-likeness (QED) is 0.256. The van der Waals surface area contributed by atoms with E-state index in [1.807, 2.05) is 48.1 Å². The molecule has 0 aliphatic carbocycles. The Labute approximate surface area is 195 Å². The van der Waals surface area contributed by atoms with Gasteiger partial charge in [-0.05, 0) is 54.1 Å². The van der Waals surface area contributed by atoms with Gasteiger partial charge in [0.1, 0.15) is 17.2 Å². The summed E-state index contributed by atoms with van der Waals surface area (Å²) >= 11 is 0. The third-order valence-corrected chi connectivity index (χ3v) is 6.40. The van der Waals surface area contributed by atoms with E-state index in [-0.39, 0.29) is 29.9 Å². The number of pyridine rings is 1. The molecule has 0 radical (unpaired) electrons. The van der Waals surface area contributed by atoms with Crippen LogP contribution in [0.15, 0.2) is 66.8 Å². The average molecular weight is 452 g/mol. The Morgan fingerprint density at radius 1 is 1.09 bits per heavy atom. The summed E-state index contributed by atoms with van der Waals surface area (Å²) < 4.78 is 19.1. The monoisotopic (exact) mass is 452 g/mol. The summed E-state index contributed by atoms with van der Waals surface area (Å²) in [6.07, 6.45) is 7.24. The number of carbonyl (C=O) groups excluding carboxylic acids is 2. The lowest BCUT2D eigenvalue weighted by Crippen LogP contribution is -2.21. The SMILES string of the molecule is COc1ccc2c(c1)c(/C=C1\Oc3c(ccc4c3C(c3ccncc3)CC(=O)O4)C1=O)cn2C. The van der Waals surface area contributed by atoms with Crippen LogP contribution < -0.4 is 14.2 Å². The summed E-state index contributed by atoms with van der Waals surface area (Å²) in [5, 5.41) is 0.951. The van der Waals surface area contributed by atoms with Crippen LogP contribution in [0.5, 0.6) is 17.2 Å². The van der Waals surface area contributed by atoms with Crippen LogP contribution in [-0.2, 0) is 11.8 Å². The van der Waals surface area contributed by atoms with Gasteiger partial charge in [-0.3, -0.25) is 14.6 Å². The molecule has 34 heavy (non-hydrogen) atoms. The zero-order chi connectivity index (χ0) is 23.4. The van der Waals surface area contributed by atoms with Crippen molar-refractivity contribution in [2.75, 3.05) is 7.11 Å². The molecule has 0 spiro atoms. The number of methoxy groups -OCH3 is 1. The minimum atomic E-state index is -0.320. The number of esters is 1. The number of aryl methyl sites for hydroxylation is 1. The van der Waals surface area contributed by atoms with Gasteiger partial charge in [-0.25, -0.2) is 0 Å². The Bertz CT molecular complexity index is 1520. The highest BCUT2D eigenvalue weighted by molar-refractivity contribution is 6.15. The highest BCUT2D eigenvalue weighted by Crippen LogP contribution is 2.49. The maximum Gasteiger partial charge on any atom is 0.312 e. The van der Waals surface area contributed by atoms with Crippen LogP contribution in [0.3, 0.4) is 0 Å². The van der Waals surface area contributed by atoms with Crippen molar-refractivity contribution in [2.24, 2.45) is 7.05 Å². The topological polar surface area (TPSA) is 79.7 Å².